The zero-order valence-electron chi connectivity index (χ0n) is 25.7. The number of aromatic nitrogens is 3. The SMILES string of the molecule is COc1cc(N2CCC3(CCN(C(=O)c4ccc(N5CCN(Cc6cccnc6)CC5)cc4)CC3)C2=O)ccc1-c1cn[nH]c1. The zero-order chi connectivity index (χ0) is 30.8. The van der Waals surface area contributed by atoms with Crippen LogP contribution in [0.15, 0.2) is 79.4 Å². The summed E-state index contributed by atoms with van der Waals surface area (Å²) in [4.78, 5) is 40.1. The van der Waals surface area contributed by atoms with Crippen molar-refractivity contribution in [2.75, 3.05) is 62.7 Å². The van der Waals surface area contributed by atoms with E-state index < -0.39 is 5.41 Å². The summed E-state index contributed by atoms with van der Waals surface area (Å²) in [6.45, 7) is 6.65. The summed E-state index contributed by atoms with van der Waals surface area (Å²) in [6.07, 6.45) is 9.48. The molecule has 1 spiro atoms. The van der Waals surface area contributed by atoms with Crippen molar-refractivity contribution in [3.05, 3.63) is 90.5 Å². The smallest absolute Gasteiger partial charge is 0.253 e. The summed E-state index contributed by atoms with van der Waals surface area (Å²) >= 11 is 0. The third-order valence-electron chi connectivity index (χ3n) is 9.81. The number of H-pyrrole nitrogens is 1. The highest BCUT2D eigenvalue weighted by atomic mass is 16.5. The number of hydrogen-bond acceptors (Lipinski definition) is 7. The highest BCUT2D eigenvalue weighted by Crippen LogP contribution is 2.44. The number of aromatic amines is 1. The largest absolute Gasteiger partial charge is 0.496 e. The molecule has 0 radical (unpaired) electrons. The van der Waals surface area contributed by atoms with Crippen LogP contribution in [0.3, 0.4) is 0 Å². The maximum atomic E-state index is 13.8. The molecule has 10 nitrogen and oxygen atoms in total. The minimum Gasteiger partial charge on any atom is -0.496 e. The number of carbonyl (C=O) groups excluding carboxylic acids is 2. The van der Waals surface area contributed by atoms with Gasteiger partial charge in [0.25, 0.3) is 5.91 Å². The number of likely N-dealkylation sites (tertiary alicyclic amines) is 1. The van der Waals surface area contributed by atoms with E-state index >= 15 is 0 Å². The first-order valence-corrected chi connectivity index (χ1v) is 15.8. The molecule has 232 valence electrons. The van der Waals surface area contributed by atoms with E-state index in [0.717, 1.165) is 61.6 Å². The predicted molar refractivity (Wildman–Crippen MR) is 173 cm³/mol. The average molecular weight is 606 g/mol. The maximum absolute atomic E-state index is 13.8. The maximum Gasteiger partial charge on any atom is 0.253 e. The standard InChI is InChI=1S/C35H39N7O3/c1-45-32-21-30(8-9-31(32)28-23-37-38-24-28)42-16-12-35(34(42)44)10-14-41(15-11-35)33(43)27-4-6-29(7-5-27)40-19-17-39(18-20-40)25-26-3-2-13-36-22-26/h2-9,13,21-24H,10-12,14-20,25H2,1H3,(H,37,38). The lowest BCUT2D eigenvalue weighted by molar-refractivity contribution is -0.127. The van der Waals surface area contributed by atoms with Crippen molar-refractivity contribution >= 4 is 23.2 Å². The second kappa shape index (κ2) is 12.4. The molecular formula is C35H39N7O3. The van der Waals surface area contributed by atoms with Crippen LogP contribution >= 0.6 is 0 Å². The lowest BCUT2D eigenvalue weighted by Crippen LogP contribution is -2.46. The van der Waals surface area contributed by atoms with Crippen LogP contribution in [0, 0.1) is 5.41 Å². The van der Waals surface area contributed by atoms with Gasteiger partial charge in [-0.25, -0.2) is 0 Å². The molecule has 0 aliphatic carbocycles. The highest BCUT2D eigenvalue weighted by molar-refractivity contribution is 6.01. The summed E-state index contributed by atoms with van der Waals surface area (Å²) in [7, 11) is 1.64. The first-order chi connectivity index (χ1) is 22.0. The lowest BCUT2D eigenvalue weighted by Gasteiger charge is -2.38. The third-order valence-corrected chi connectivity index (χ3v) is 9.81. The molecule has 2 aromatic heterocycles. The Hall–Kier alpha value is -4.70. The van der Waals surface area contributed by atoms with Crippen molar-refractivity contribution in [1.29, 1.82) is 0 Å². The van der Waals surface area contributed by atoms with E-state index in [1.807, 2.05) is 64.8 Å². The van der Waals surface area contributed by atoms with Crippen LogP contribution in [0.4, 0.5) is 11.4 Å². The van der Waals surface area contributed by atoms with Gasteiger partial charge in [-0.2, -0.15) is 5.10 Å². The first-order valence-electron chi connectivity index (χ1n) is 15.8. The summed E-state index contributed by atoms with van der Waals surface area (Å²) in [5.41, 5.74) is 5.38. The Morgan fingerprint density at radius 3 is 2.36 bits per heavy atom. The first kappa shape index (κ1) is 29.0. The van der Waals surface area contributed by atoms with Crippen molar-refractivity contribution < 1.29 is 14.3 Å². The molecule has 3 aliphatic rings. The van der Waals surface area contributed by atoms with Crippen LogP contribution in [-0.4, -0.2) is 89.7 Å². The number of nitrogens with one attached hydrogen (secondary N) is 1. The Morgan fingerprint density at radius 2 is 1.67 bits per heavy atom. The minimum atomic E-state index is -0.420. The number of anilines is 2. The molecule has 45 heavy (non-hydrogen) atoms. The number of piperazine rings is 1. The number of methoxy groups -OCH3 is 1. The van der Waals surface area contributed by atoms with Crippen molar-refractivity contribution in [3.63, 3.8) is 0 Å². The Balaban J connectivity index is 0.935. The topological polar surface area (TPSA) is 97.9 Å². The van der Waals surface area contributed by atoms with Gasteiger partial charge in [-0.15, -0.1) is 0 Å². The zero-order valence-corrected chi connectivity index (χ0v) is 25.7. The van der Waals surface area contributed by atoms with Gasteiger partial charge in [0.1, 0.15) is 5.75 Å². The molecule has 0 unspecified atom stereocenters. The number of piperidine rings is 1. The molecule has 3 fully saturated rings. The fourth-order valence-electron chi connectivity index (χ4n) is 7.06. The van der Waals surface area contributed by atoms with Gasteiger partial charge in [-0.3, -0.25) is 24.6 Å². The molecule has 0 bridgehead atoms. The van der Waals surface area contributed by atoms with Gasteiger partial charge in [0, 0.05) is 105 Å². The van der Waals surface area contributed by atoms with Crippen LogP contribution in [0.5, 0.6) is 5.75 Å². The molecule has 2 aromatic carbocycles. The van der Waals surface area contributed by atoms with Crippen LogP contribution in [0.2, 0.25) is 0 Å². The van der Waals surface area contributed by atoms with Gasteiger partial charge in [-0.1, -0.05) is 6.07 Å². The van der Waals surface area contributed by atoms with Gasteiger partial charge in [0.2, 0.25) is 5.91 Å². The molecular weight excluding hydrogens is 566 g/mol. The number of pyridine rings is 1. The molecule has 3 aliphatic heterocycles. The third kappa shape index (κ3) is 5.78. The lowest BCUT2D eigenvalue weighted by atomic mass is 9.77. The van der Waals surface area contributed by atoms with E-state index in [-0.39, 0.29) is 11.8 Å². The van der Waals surface area contributed by atoms with Crippen molar-refractivity contribution in [2.45, 2.75) is 25.8 Å². The monoisotopic (exact) mass is 605 g/mol. The molecule has 0 saturated carbocycles. The van der Waals surface area contributed by atoms with Crippen LogP contribution in [0.1, 0.15) is 35.2 Å². The fourth-order valence-corrected chi connectivity index (χ4v) is 7.06. The number of ether oxygens (including phenoxy) is 1. The number of amides is 2. The number of benzene rings is 2. The molecule has 3 saturated heterocycles. The molecule has 0 atom stereocenters. The van der Waals surface area contributed by atoms with Gasteiger partial charge in [0.05, 0.1) is 18.7 Å². The number of hydrogen-bond donors (Lipinski definition) is 1. The Bertz CT molecular complexity index is 1630. The molecule has 2 amide bonds. The van der Waals surface area contributed by atoms with Crippen LogP contribution < -0.4 is 14.5 Å². The molecule has 5 heterocycles. The van der Waals surface area contributed by atoms with Gasteiger partial charge >= 0.3 is 0 Å². The van der Waals surface area contributed by atoms with Gasteiger partial charge in [0.15, 0.2) is 0 Å². The van der Waals surface area contributed by atoms with Crippen molar-refractivity contribution in [2.24, 2.45) is 5.41 Å². The van der Waals surface area contributed by atoms with E-state index in [0.29, 0.717) is 43.8 Å². The second-order valence-corrected chi connectivity index (χ2v) is 12.3. The van der Waals surface area contributed by atoms with Crippen LogP contribution in [0.25, 0.3) is 11.1 Å². The van der Waals surface area contributed by atoms with Crippen molar-refractivity contribution in [3.8, 4) is 16.9 Å². The van der Waals surface area contributed by atoms with Gasteiger partial charge < -0.3 is 19.4 Å². The van der Waals surface area contributed by atoms with E-state index in [2.05, 4.69) is 43.2 Å². The Labute approximate surface area is 263 Å². The highest BCUT2D eigenvalue weighted by Gasteiger charge is 2.49. The van der Waals surface area contributed by atoms with Gasteiger partial charge in [-0.05, 0) is 67.3 Å². The fraction of sp³-hybridized carbons (Fsp3) is 0.371. The molecule has 1 N–H and O–H groups in total. The quantitative estimate of drug-likeness (QED) is 0.332. The van der Waals surface area contributed by atoms with E-state index in [1.165, 1.54) is 5.56 Å². The van der Waals surface area contributed by atoms with E-state index in [4.69, 9.17) is 4.74 Å². The number of nitrogens with zero attached hydrogens (tertiary/aromatic N) is 6. The molecule has 7 rings (SSSR count). The van der Waals surface area contributed by atoms with Crippen LogP contribution in [-0.2, 0) is 11.3 Å². The van der Waals surface area contributed by atoms with E-state index in [1.54, 1.807) is 13.3 Å². The molecule has 4 aromatic rings. The summed E-state index contributed by atoms with van der Waals surface area (Å²) in [5.74, 6) is 0.898. The minimum absolute atomic E-state index is 0.0413. The summed E-state index contributed by atoms with van der Waals surface area (Å²) in [6, 6.07) is 18.0. The predicted octanol–water partition coefficient (Wildman–Crippen LogP) is 4.46. The Kier molecular flexibility index (Phi) is 7.97. The second-order valence-electron chi connectivity index (χ2n) is 12.3. The summed E-state index contributed by atoms with van der Waals surface area (Å²) < 4.78 is 5.66. The normalized spacial score (nSPS) is 18.5. The number of carbonyl (C=O) groups is 2. The Morgan fingerprint density at radius 1 is 0.911 bits per heavy atom. The number of rotatable bonds is 7. The molecule has 10 heteroatoms. The van der Waals surface area contributed by atoms with E-state index in [9.17, 15) is 9.59 Å². The average Bonchev–Trinajstić information content (AvgIpc) is 3.74. The summed E-state index contributed by atoms with van der Waals surface area (Å²) in [5, 5.41) is 6.88. The van der Waals surface area contributed by atoms with Crippen molar-refractivity contribution in [1.82, 2.24) is 25.0 Å².